The molecule has 0 radical (unpaired) electrons. The van der Waals surface area contributed by atoms with E-state index >= 15 is 0 Å². The molecule has 0 unspecified atom stereocenters. The summed E-state index contributed by atoms with van der Waals surface area (Å²) < 4.78 is 7.15. The van der Waals surface area contributed by atoms with Crippen molar-refractivity contribution in [1.29, 1.82) is 0 Å². The Bertz CT molecular complexity index is 1230. The van der Waals surface area contributed by atoms with Crippen LogP contribution in [0.3, 0.4) is 0 Å². The van der Waals surface area contributed by atoms with Crippen molar-refractivity contribution in [3.63, 3.8) is 0 Å². The predicted molar refractivity (Wildman–Crippen MR) is 120 cm³/mol. The Morgan fingerprint density at radius 3 is 2.83 bits per heavy atom. The molecule has 2 aromatic heterocycles. The third-order valence-electron chi connectivity index (χ3n) is 4.59. The molecule has 0 fully saturated rings. The first-order valence-corrected chi connectivity index (χ1v) is 11.5. The van der Waals surface area contributed by atoms with Gasteiger partial charge in [0, 0.05) is 22.6 Å². The zero-order valence-electron chi connectivity index (χ0n) is 16.5. The van der Waals surface area contributed by atoms with Gasteiger partial charge in [-0.05, 0) is 37.6 Å². The van der Waals surface area contributed by atoms with E-state index in [1.165, 1.54) is 0 Å². The third-order valence-corrected chi connectivity index (χ3v) is 6.52. The second-order valence-corrected chi connectivity index (χ2v) is 8.81. The molecule has 0 spiro atoms. The first kappa shape index (κ1) is 20.4. The molecule has 2 heterocycles. The van der Waals surface area contributed by atoms with Gasteiger partial charge in [0.2, 0.25) is 0 Å². The van der Waals surface area contributed by atoms with E-state index in [1.54, 1.807) is 33.7 Å². The Morgan fingerprint density at radius 2 is 2.00 bits per heavy atom. The number of rotatable bonds is 8. The topological polar surface area (TPSA) is 77.0 Å². The molecular formula is C22H21N3O3S2. The number of hydrogen-bond acceptors (Lipinski definition) is 6. The zero-order chi connectivity index (χ0) is 20.9. The van der Waals surface area contributed by atoms with E-state index in [2.05, 4.69) is 9.97 Å². The molecule has 0 aliphatic heterocycles. The van der Waals surface area contributed by atoms with Gasteiger partial charge < -0.3 is 9.72 Å². The van der Waals surface area contributed by atoms with Gasteiger partial charge in [0.25, 0.3) is 0 Å². The summed E-state index contributed by atoms with van der Waals surface area (Å²) in [5.74, 6) is 0.358. The molecule has 0 saturated carbocycles. The van der Waals surface area contributed by atoms with Crippen LogP contribution in [0.1, 0.15) is 27.5 Å². The Kier molecular flexibility index (Phi) is 6.35. The maximum atomic E-state index is 12.6. The van der Waals surface area contributed by atoms with Crippen molar-refractivity contribution in [2.24, 2.45) is 0 Å². The van der Waals surface area contributed by atoms with Crippen LogP contribution in [0.25, 0.3) is 11.0 Å². The lowest BCUT2D eigenvalue weighted by molar-refractivity contribution is 0.0492. The van der Waals surface area contributed by atoms with Crippen LogP contribution in [-0.2, 0) is 17.0 Å². The first-order valence-electron chi connectivity index (χ1n) is 9.59. The number of carbonyl (C=O) groups is 1. The third kappa shape index (κ3) is 4.66. The fourth-order valence-electron chi connectivity index (χ4n) is 3.18. The number of ether oxygens (including phenoxy) is 1. The minimum absolute atomic E-state index is 0.151. The van der Waals surface area contributed by atoms with Crippen molar-refractivity contribution in [1.82, 2.24) is 14.5 Å². The van der Waals surface area contributed by atoms with E-state index in [-0.39, 0.29) is 18.3 Å². The van der Waals surface area contributed by atoms with Gasteiger partial charge in [-0.1, -0.05) is 24.3 Å². The summed E-state index contributed by atoms with van der Waals surface area (Å²) in [5, 5.41) is 3.07. The monoisotopic (exact) mass is 439 g/mol. The summed E-state index contributed by atoms with van der Waals surface area (Å²) >= 11 is 3.20. The van der Waals surface area contributed by atoms with Crippen molar-refractivity contribution in [2.45, 2.75) is 30.5 Å². The van der Waals surface area contributed by atoms with Crippen molar-refractivity contribution in [2.75, 3.05) is 6.61 Å². The van der Waals surface area contributed by atoms with Gasteiger partial charge in [0.05, 0.1) is 33.9 Å². The molecule has 0 atom stereocenters. The molecule has 30 heavy (non-hydrogen) atoms. The van der Waals surface area contributed by atoms with E-state index in [9.17, 15) is 9.59 Å². The van der Waals surface area contributed by atoms with Crippen LogP contribution in [0, 0.1) is 6.92 Å². The lowest BCUT2D eigenvalue weighted by Crippen LogP contribution is -2.18. The molecule has 6 nitrogen and oxygen atoms in total. The number of thioether (sulfide) groups is 1. The minimum Gasteiger partial charge on any atom is -0.462 e. The largest absolute Gasteiger partial charge is 0.462 e. The number of aromatic nitrogens is 3. The van der Waals surface area contributed by atoms with Gasteiger partial charge in [-0.2, -0.15) is 0 Å². The van der Waals surface area contributed by atoms with E-state index in [4.69, 9.17) is 4.74 Å². The van der Waals surface area contributed by atoms with Crippen LogP contribution in [0.2, 0.25) is 0 Å². The fourth-order valence-corrected chi connectivity index (χ4v) is 4.83. The number of H-pyrrole nitrogens is 1. The van der Waals surface area contributed by atoms with E-state index in [0.717, 1.165) is 26.6 Å². The number of aromatic amines is 1. The number of carbonyl (C=O) groups excluding carboxylic acids is 1. The van der Waals surface area contributed by atoms with Crippen LogP contribution in [0.5, 0.6) is 0 Å². The molecule has 0 aliphatic carbocycles. The van der Waals surface area contributed by atoms with Gasteiger partial charge in [-0.3, -0.25) is 4.57 Å². The van der Waals surface area contributed by atoms with E-state index < -0.39 is 0 Å². The molecule has 1 N–H and O–H groups in total. The summed E-state index contributed by atoms with van der Waals surface area (Å²) in [6, 6.07) is 15.0. The van der Waals surface area contributed by atoms with Crippen LogP contribution < -0.4 is 5.69 Å². The summed E-state index contributed by atoms with van der Waals surface area (Å²) in [4.78, 5) is 32.9. The van der Waals surface area contributed by atoms with E-state index in [0.29, 0.717) is 24.3 Å². The Hall–Kier alpha value is -2.84. The number of para-hydroxylation sites is 2. The lowest BCUT2D eigenvalue weighted by Gasteiger charge is -2.09. The SMILES string of the molecule is Cc1nc(CSc2ccccc2C(=O)OCCCn2c(=O)[nH]c3ccccc32)cs1. The number of imidazole rings is 1. The van der Waals surface area contributed by atoms with Gasteiger partial charge in [0.1, 0.15) is 0 Å². The van der Waals surface area contributed by atoms with Crippen molar-refractivity contribution >= 4 is 40.1 Å². The quantitative estimate of drug-likeness (QED) is 0.246. The van der Waals surface area contributed by atoms with Crippen molar-refractivity contribution < 1.29 is 9.53 Å². The number of hydrogen-bond donors (Lipinski definition) is 1. The second kappa shape index (κ2) is 9.32. The first-order chi connectivity index (χ1) is 14.6. The summed E-state index contributed by atoms with van der Waals surface area (Å²) in [6.45, 7) is 2.71. The second-order valence-electron chi connectivity index (χ2n) is 6.73. The number of aryl methyl sites for hydroxylation is 2. The average Bonchev–Trinajstić information content (AvgIpc) is 3.32. The number of esters is 1. The molecule has 154 valence electrons. The number of thiazole rings is 1. The normalized spacial score (nSPS) is 11.1. The van der Waals surface area contributed by atoms with Gasteiger partial charge in [-0.25, -0.2) is 14.6 Å². The van der Waals surface area contributed by atoms with Crippen LogP contribution >= 0.6 is 23.1 Å². The highest BCUT2D eigenvalue weighted by Gasteiger charge is 2.14. The number of fused-ring (bicyclic) bond motifs is 1. The van der Waals surface area contributed by atoms with Gasteiger partial charge >= 0.3 is 11.7 Å². The molecular weight excluding hydrogens is 418 g/mol. The fraction of sp³-hybridized carbons (Fsp3) is 0.227. The highest BCUT2D eigenvalue weighted by atomic mass is 32.2. The standard InChI is InChI=1S/C22H21N3O3S2/c1-15-23-16(13-29-15)14-30-20-10-5-2-7-17(20)21(26)28-12-6-11-25-19-9-4-3-8-18(19)24-22(25)27/h2-5,7-10,13H,6,11-12,14H2,1H3,(H,24,27). The molecule has 4 rings (SSSR count). The Labute approximate surface area is 181 Å². The zero-order valence-corrected chi connectivity index (χ0v) is 18.1. The van der Waals surface area contributed by atoms with E-state index in [1.807, 2.05) is 54.8 Å². The smallest absolute Gasteiger partial charge is 0.339 e. The van der Waals surface area contributed by atoms with Gasteiger partial charge in [-0.15, -0.1) is 23.1 Å². The van der Waals surface area contributed by atoms with Crippen LogP contribution in [0.4, 0.5) is 0 Å². The molecule has 2 aromatic carbocycles. The maximum Gasteiger partial charge on any atom is 0.339 e. The summed E-state index contributed by atoms with van der Waals surface area (Å²) in [6.07, 6.45) is 0.556. The minimum atomic E-state index is -0.348. The molecule has 0 aliphatic rings. The molecule has 0 amide bonds. The lowest BCUT2D eigenvalue weighted by atomic mass is 10.2. The molecule has 4 aromatic rings. The van der Waals surface area contributed by atoms with Crippen molar-refractivity contribution in [3.8, 4) is 0 Å². The number of benzene rings is 2. The van der Waals surface area contributed by atoms with Crippen molar-refractivity contribution in [3.05, 3.63) is 80.7 Å². The maximum absolute atomic E-state index is 12.6. The molecule has 0 saturated heterocycles. The average molecular weight is 440 g/mol. The Morgan fingerprint density at radius 1 is 1.20 bits per heavy atom. The van der Waals surface area contributed by atoms with Crippen LogP contribution in [-0.4, -0.2) is 27.1 Å². The summed E-state index contributed by atoms with van der Waals surface area (Å²) in [7, 11) is 0. The van der Waals surface area contributed by atoms with Crippen LogP contribution in [0.15, 0.2) is 63.6 Å². The number of nitrogens with one attached hydrogen (secondary N) is 1. The Balaban J connectivity index is 1.34. The summed E-state index contributed by atoms with van der Waals surface area (Å²) in [5.41, 5.74) is 3.07. The molecule has 0 bridgehead atoms. The highest BCUT2D eigenvalue weighted by molar-refractivity contribution is 7.98. The highest BCUT2D eigenvalue weighted by Crippen LogP contribution is 2.27. The predicted octanol–water partition coefficient (Wildman–Crippen LogP) is 4.63. The molecule has 8 heteroatoms. The van der Waals surface area contributed by atoms with Gasteiger partial charge in [0.15, 0.2) is 0 Å². The number of nitrogens with zero attached hydrogens (tertiary/aromatic N) is 2.